The molecule has 3 N–H and O–H groups in total. The third-order valence-electron chi connectivity index (χ3n) is 3.40. The highest BCUT2D eigenvalue weighted by molar-refractivity contribution is 5.97. The molecule has 0 saturated carbocycles. The van der Waals surface area contributed by atoms with E-state index in [0.717, 1.165) is 18.1 Å². The summed E-state index contributed by atoms with van der Waals surface area (Å²) in [5, 5.41) is 11.9. The molecule has 1 aromatic heterocycles. The first-order chi connectivity index (χ1) is 10.0. The van der Waals surface area contributed by atoms with Crippen molar-refractivity contribution >= 4 is 11.7 Å². The fourth-order valence-electron chi connectivity index (χ4n) is 2.18. The number of amidine groups is 1. The van der Waals surface area contributed by atoms with Crippen LogP contribution in [-0.2, 0) is 6.54 Å². The van der Waals surface area contributed by atoms with Crippen LogP contribution in [0.15, 0.2) is 41.6 Å². The van der Waals surface area contributed by atoms with E-state index in [9.17, 15) is 0 Å². The highest BCUT2D eigenvalue weighted by Gasteiger charge is 2.09. The predicted molar refractivity (Wildman–Crippen MR) is 84.8 cm³/mol. The number of aromatic nitrogens is 1. The van der Waals surface area contributed by atoms with E-state index in [1.807, 2.05) is 37.1 Å². The fraction of sp³-hybridized carbons (Fsp3) is 0.250. The Morgan fingerprint density at radius 2 is 2.00 bits per heavy atom. The van der Waals surface area contributed by atoms with Crippen LogP contribution in [0, 0.1) is 13.8 Å². The molecule has 110 valence electrons. The Morgan fingerprint density at radius 3 is 2.67 bits per heavy atom. The molecule has 0 spiro atoms. The van der Waals surface area contributed by atoms with Crippen molar-refractivity contribution in [1.29, 1.82) is 0 Å². The van der Waals surface area contributed by atoms with E-state index in [0.29, 0.717) is 5.56 Å². The van der Waals surface area contributed by atoms with Crippen LogP contribution in [0.5, 0.6) is 0 Å². The minimum Gasteiger partial charge on any atom is -0.409 e. The van der Waals surface area contributed by atoms with E-state index in [1.54, 1.807) is 6.07 Å². The molecule has 0 saturated heterocycles. The Labute approximate surface area is 124 Å². The maximum absolute atomic E-state index is 8.81. The van der Waals surface area contributed by atoms with Gasteiger partial charge in [0, 0.05) is 24.8 Å². The van der Waals surface area contributed by atoms with Crippen LogP contribution < -0.4 is 10.6 Å². The van der Waals surface area contributed by atoms with Crippen molar-refractivity contribution in [3.8, 4) is 0 Å². The SMILES string of the molecule is Cc1cc(/C(N)=N/O)cc(N(C)Cc2ccccc2C)n1. The first-order valence-electron chi connectivity index (χ1n) is 6.73. The Kier molecular flexibility index (Phi) is 4.42. The summed E-state index contributed by atoms with van der Waals surface area (Å²) in [6, 6.07) is 11.9. The zero-order valence-corrected chi connectivity index (χ0v) is 12.5. The molecular formula is C16H20N4O. The van der Waals surface area contributed by atoms with Gasteiger partial charge in [-0.15, -0.1) is 0 Å². The molecular weight excluding hydrogens is 264 g/mol. The number of hydrogen-bond acceptors (Lipinski definition) is 4. The van der Waals surface area contributed by atoms with Gasteiger partial charge in [0.05, 0.1) is 0 Å². The number of anilines is 1. The summed E-state index contributed by atoms with van der Waals surface area (Å²) in [7, 11) is 1.98. The van der Waals surface area contributed by atoms with Gasteiger partial charge in [0.2, 0.25) is 0 Å². The van der Waals surface area contributed by atoms with Gasteiger partial charge in [0.25, 0.3) is 0 Å². The van der Waals surface area contributed by atoms with Crippen LogP contribution in [0.25, 0.3) is 0 Å². The number of pyridine rings is 1. The molecule has 5 heteroatoms. The molecule has 0 aliphatic heterocycles. The molecule has 2 rings (SSSR count). The topological polar surface area (TPSA) is 74.7 Å². The van der Waals surface area contributed by atoms with Crippen LogP contribution in [0.4, 0.5) is 5.82 Å². The standard InChI is InChI=1S/C16H20N4O/c1-11-6-4-5-7-13(11)10-20(3)15-9-14(16(17)19-21)8-12(2)18-15/h4-9,21H,10H2,1-3H3,(H2,17,19). The number of aryl methyl sites for hydroxylation is 2. The molecule has 0 radical (unpaired) electrons. The van der Waals surface area contributed by atoms with Gasteiger partial charge >= 0.3 is 0 Å². The number of nitrogens with zero attached hydrogens (tertiary/aromatic N) is 3. The second kappa shape index (κ2) is 6.26. The number of oxime groups is 1. The normalized spacial score (nSPS) is 11.5. The van der Waals surface area contributed by atoms with E-state index < -0.39 is 0 Å². The van der Waals surface area contributed by atoms with Gasteiger partial charge in [-0.1, -0.05) is 29.4 Å². The second-order valence-corrected chi connectivity index (χ2v) is 5.12. The summed E-state index contributed by atoms with van der Waals surface area (Å²) in [5.74, 6) is 0.880. The molecule has 1 heterocycles. The van der Waals surface area contributed by atoms with Crippen molar-refractivity contribution in [2.75, 3.05) is 11.9 Å². The molecule has 0 bridgehead atoms. The molecule has 1 aromatic carbocycles. The third-order valence-corrected chi connectivity index (χ3v) is 3.40. The average Bonchev–Trinajstić information content (AvgIpc) is 2.48. The number of hydrogen-bond donors (Lipinski definition) is 2. The lowest BCUT2D eigenvalue weighted by Gasteiger charge is -2.20. The van der Waals surface area contributed by atoms with Gasteiger partial charge in [-0.2, -0.15) is 0 Å². The molecule has 5 nitrogen and oxygen atoms in total. The molecule has 0 amide bonds. The van der Waals surface area contributed by atoms with Crippen LogP contribution >= 0.6 is 0 Å². The van der Waals surface area contributed by atoms with Gasteiger partial charge in [-0.05, 0) is 37.1 Å². The summed E-state index contributed by atoms with van der Waals surface area (Å²) in [4.78, 5) is 6.56. The highest BCUT2D eigenvalue weighted by Crippen LogP contribution is 2.17. The summed E-state index contributed by atoms with van der Waals surface area (Å²) >= 11 is 0. The lowest BCUT2D eigenvalue weighted by Crippen LogP contribution is -2.20. The van der Waals surface area contributed by atoms with Crippen LogP contribution in [0.1, 0.15) is 22.4 Å². The van der Waals surface area contributed by atoms with E-state index in [-0.39, 0.29) is 5.84 Å². The zero-order valence-electron chi connectivity index (χ0n) is 12.5. The molecule has 0 unspecified atom stereocenters. The Bertz CT molecular complexity index is 667. The number of benzene rings is 1. The van der Waals surface area contributed by atoms with Crippen LogP contribution in [0.2, 0.25) is 0 Å². The Balaban J connectivity index is 2.29. The van der Waals surface area contributed by atoms with Crippen LogP contribution in [-0.4, -0.2) is 23.1 Å². The fourth-order valence-corrected chi connectivity index (χ4v) is 2.18. The Morgan fingerprint density at radius 1 is 1.29 bits per heavy atom. The first-order valence-corrected chi connectivity index (χ1v) is 6.73. The van der Waals surface area contributed by atoms with Crippen LogP contribution in [0.3, 0.4) is 0 Å². The molecule has 0 aliphatic carbocycles. The molecule has 2 aromatic rings. The number of nitrogens with two attached hydrogens (primary N) is 1. The smallest absolute Gasteiger partial charge is 0.170 e. The number of rotatable bonds is 4. The summed E-state index contributed by atoms with van der Waals surface area (Å²) < 4.78 is 0. The van der Waals surface area contributed by atoms with Crippen molar-refractivity contribution < 1.29 is 5.21 Å². The van der Waals surface area contributed by atoms with Crippen molar-refractivity contribution in [3.05, 3.63) is 58.8 Å². The van der Waals surface area contributed by atoms with Gasteiger partial charge in [-0.25, -0.2) is 4.98 Å². The highest BCUT2D eigenvalue weighted by atomic mass is 16.4. The molecule has 0 fully saturated rings. The molecule has 0 atom stereocenters. The zero-order chi connectivity index (χ0) is 15.4. The minimum absolute atomic E-state index is 0.0889. The monoisotopic (exact) mass is 284 g/mol. The Hall–Kier alpha value is -2.56. The first kappa shape index (κ1) is 14.8. The van der Waals surface area contributed by atoms with E-state index in [4.69, 9.17) is 10.9 Å². The average molecular weight is 284 g/mol. The van der Waals surface area contributed by atoms with Crippen molar-refractivity contribution in [1.82, 2.24) is 4.98 Å². The van der Waals surface area contributed by atoms with E-state index in [2.05, 4.69) is 29.2 Å². The quantitative estimate of drug-likeness (QED) is 0.391. The van der Waals surface area contributed by atoms with Crippen molar-refractivity contribution in [2.24, 2.45) is 10.9 Å². The van der Waals surface area contributed by atoms with E-state index >= 15 is 0 Å². The molecule has 21 heavy (non-hydrogen) atoms. The van der Waals surface area contributed by atoms with Crippen molar-refractivity contribution in [2.45, 2.75) is 20.4 Å². The predicted octanol–water partition coefficient (Wildman–Crippen LogP) is 2.43. The lowest BCUT2D eigenvalue weighted by atomic mass is 10.1. The lowest BCUT2D eigenvalue weighted by molar-refractivity contribution is 0.318. The van der Waals surface area contributed by atoms with E-state index in [1.165, 1.54) is 11.1 Å². The second-order valence-electron chi connectivity index (χ2n) is 5.12. The summed E-state index contributed by atoms with van der Waals surface area (Å²) in [6.07, 6.45) is 0. The van der Waals surface area contributed by atoms with Gasteiger partial charge in [0.1, 0.15) is 5.82 Å². The summed E-state index contributed by atoms with van der Waals surface area (Å²) in [6.45, 7) is 4.73. The van der Waals surface area contributed by atoms with Crippen molar-refractivity contribution in [3.63, 3.8) is 0 Å². The van der Waals surface area contributed by atoms with Gasteiger partial charge in [0.15, 0.2) is 5.84 Å². The largest absolute Gasteiger partial charge is 0.409 e. The maximum Gasteiger partial charge on any atom is 0.170 e. The third kappa shape index (κ3) is 3.51. The maximum atomic E-state index is 8.81. The van der Waals surface area contributed by atoms with Gasteiger partial charge in [-0.3, -0.25) is 0 Å². The minimum atomic E-state index is 0.0889. The summed E-state index contributed by atoms with van der Waals surface area (Å²) in [5.41, 5.74) is 9.64. The molecule has 0 aliphatic rings. The van der Waals surface area contributed by atoms with Gasteiger partial charge < -0.3 is 15.8 Å².